The Kier molecular flexibility index (Phi) is 6.70. The smallest absolute Gasteiger partial charge is 0.243 e. The van der Waals surface area contributed by atoms with Crippen molar-refractivity contribution in [2.75, 3.05) is 25.9 Å². The van der Waals surface area contributed by atoms with Crippen LogP contribution in [-0.2, 0) is 19.9 Å². The first-order valence-corrected chi connectivity index (χ1v) is 11.6. The SMILES string of the molecule is CS(=O)(=O)c1ccc(S(=O)(=O)N2C[C@@H](CN)[C@H](c3ccccc3)C2)cc1.Cl. The maximum absolute atomic E-state index is 13.0. The van der Waals surface area contributed by atoms with Crippen LogP contribution in [-0.4, -0.2) is 47.0 Å². The Morgan fingerprint density at radius 2 is 1.48 bits per heavy atom. The lowest BCUT2D eigenvalue weighted by Crippen LogP contribution is -2.30. The molecule has 9 heteroatoms. The fraction of sp³-hybridized carbons (Fsp3) is 0.333. The van der Waals surface area contributed by atoms with Crippen LogP contribution in [0.2, 0.25) is 0 Å². The van der Waals surface area contributed by atoms with Gasteiger partial charge in [0.1, 0.15) is 0 Å². The van der Waals surface area contributed by atoms with Crippen LogP contribution < -0.4 is 5.73 Å². The third-order valence-electron chi connectivity index (χ3n) is 4.83. The van der Waals surface area contributed by atoms with E-state index in [9.17, 15) is 16.8 Å². The van der Waals surface area contributed by atoms with Crippen LogP contribution in [0.3, 0.4) is 0 Å². The normalized spacial score (nSPS) is 21.0. The van der Waals surface area contributed by atoms with Gasteiger partial charge in [-0.05, 0) is 42.3 Å². The van der Waals surface area contributed by atoms with E-state index in [0.717, 1.165) is 11.8 Å². The molecule has 148 valence electrons. The van der Waals surface area contributed by atoms with E-state index in [1.165, 1.54) is 28.6 Å². The standard InChI is InChI=1S/C18H22N2O4S2.ClH/c1-25(21,22)16-7-9-17(10-8-16)26(23,24)20-12-15(11-19)18(13-20)14-5-3-2-4-6-14;/h2-10,15,18H,11-13,19H2,1H3;1H/t15-,18+;/m1./s1. The maximum Gasteiger partial charge on any atom is 0.243 e. The van der Waals surface area contributed by atoms with Crippen LogP contribution >= 0.6 is 12.4 Å². The summed E-state index contributed by atoms with van der Waals surface area (Å²) in [5.74, 6) is 0.0914. The molecule has 2 atom stereocenters. The Bertz CT molecular complexity index is 978. The van der Waals surface area contributed by atoms with Gasteiger partial charge in [-0.2, -0.15) is 4.31 Å². The van der Waals surface area contributed by atoms with Gasteiger partial charge < -0.3 is 5.73 Å². The lowest BCUT2D eigenvalue weighted by atomic mass is 9.89. The first kappa shape index (κ1) is 21.8. The fourth-order valence-electron chi connectivity index (χ4n) is 3.35. The molecule has 0 aliphatic carbocycles. The highest BCUT2D eigenvalue weighted by Gasteiger charge is 2.39. The average molecular weight is 431 g/mol. The highest BCUT2D eigenvalue weighted by molar-refractivity contribution is 7.90. The highest BCUT2D eigenvalue weighted by Crippen LogP contribution is 2.35. The molecule has 3 rings (SSSR count). The van der Waals surface area contributed by atoms with Gasteiger partial charge in [-0.3, -0.25) is 0 Å². The third-order valence-corrected chi connectivity index (χ3v) is 7.80. The van der Waals surface area contributed by atoms with Gasteiger partial charge in [-0.1, -0.05) is 30.3 Å². The minimum Gasteiger partial charge on any atom is -0.330 e. The van der Waals surface area contributed by atoms with Crippen molar-refractivity contribution in [2.45, 2.75) is 15.7 Å². The third kappa shape index (κ3) is 4.52. The average Bonchev–Trinajstić information content (AvgIpc) is 3.07. The van der Waals surface area contributed by atoms with Gasteiger partial charge in [0.15, 0.2) is 9.84 Å². The topological polar surface area (TPSA) is 97.5 Å². The molecule has 0 unspecified atom stereocenters. The molecule has 1 aliphatic rings. The Hall–Kier alpha value is -1.45. The summed E-state index contributed by atoms with van der Waals surface area (Å²) in [6.45, 7) is 1.12. The molecule has 6 nitrogen and oxygen atoms in total. The van der Waals surface area contributed by atoms with Crippen molar-refractivity contribution in [1.82, 2.24) is 4.31 Å². The summed E-state index contributed by atoms with van der Waals surface area (Å²) in [6, 6.07) is 15.1. The summed E-state index contributed by atoms with van der Waals surface area (Å²) >= 11 is 0. The van der Waals surface area contributed by atoms with Crippen molar-refractivity contribution >= 4 is 32.3 Å². The van der Waals surface area contributed by atoms with Crippen LogP contribution in [0, 0.1) is 5.92 Å². The van der Waals surface area contributed by atoms with Crippen molar-refractivity contribution in [3.05, 3.63) is 60.2 Å². The molecule has 2 aromatic carbocycles. The predicted molar refractivity (Wildman–Crippen MR) is 107 cm³/mol. The minimum absolute atomic E-state index is 0. The molecule has 2 N–H and O–H groups in total. The number of sulfone groups is 1. The number of rotatable bonds is 5. The van der Waals surface area contributed by atoms with Crippen molar-refractivity contribution < 1.29 is 16.8 Å². The van der Waals surface area contributed by atoms with Gasteiger partial charge >= 0.3 is 0 Å². The molecule has 1 heterocycles. The van der Waals surface area contributed by atoms with Crippen LogP contribution in [0.15, 0.2) is 64.4 Å². The Balaban J connectivity index is 0.00000261. The molecule has 0 radical (unpaired) electrons. The van der Waals surface area contributed by atoms with E-state index in [1.54, 1.807) is 0 Å². The molecule has 0 spiro atoms. The largest absolute Gasteiger partial charge is 0.330 e. The van der Waals surface area contributed by atoms with E-state index < -0.39 is 19.9 Å². The Labute approximate surface area is 166 Å². The molecule has 1 fully saturated rings. The molecule has 27 heavy (non-hydrogen) atoms. The highest BCUT2D eigenvalue weighted by atomic mass is 35.5. The maximum atomic E-state index is 13.0. The first-order valence-electron chi connectivity index (χ1n) is 8.29. The van der Waals surface area contributed by atoms with Gasteiger partial charge in [0.05, 0.1) is 9.79 Å². The molecule has 1 aliphatic heterocycles. The number of halogens is 1. The van der Waals surface area contributed by atoms with Gasteiger partial charge in [0.25, 0.3) is 0 Å². The number of sulfonamides is 1. The zero-order chi connectivity index (χ0) is 18.9. The summed E-state index contributed by atoms with van der Waals surface area (Å²) in [4.78, 5) is 0.189. The van der Waals surface area contributed by atoms with E-state index in [4.69, 9.17) is 5.73 Å². The molecule has 0 aromatic heterocycles. The second kappa shape index (κ2) is 8.28. The molecule has 0 bridgehead atoms. The fourth-order valence-corrected chi connectivity index (χ4v) is 5.51. The second-order valence-electron chi connectivity index (χ2n) is 6.58. The molecular weight excluding hydrogens is 408 g/mol. The number of nitrogens with zero attached hydrogens (tertiary/aromatic N) is 1. The monoisotopic (exact) mass is 430 g/mol. The Morgan fingerprint density at radius 1 is 0.926 bits per heavy atom. The predicted octanol–water partition coefficient (Wildman–Crippen LogP) is 1.87. The van der Waals surface area contributed by atoms with Crippen molar-refractivity contribution in [3.8, 4) is 0 Å². The number of hydrogen-bond acceptors (Lipinski definition) is 5. The van der Waals surface area contributed by atoms with E-state index in [-0.39, 0.29) is 34.0 Å². The molecule has 2 aromatic rings. The lowest BCUT2D eigenvalue weighted by Gasteiger charge is -2.17. The molecule has 0 saturated carbocycles. The quantitative estimate of drug-likeness (QED) is 0.780. The Morgan fingerprint density at radius 3 is 2.00 bits per heavy atom. The molecule has 1 saturated heterocycles. The van der Waals surface area contributed by atoms with E-state index in [1.807, 2.05) is 30.3 Å². The first-order chi connectivity index (χ1) is 12.2. The zero-order valence-electron chi connectivity index (χ0n) is 14.9. The van der Waals surface area contributed by atoms with Crippen LogP contribution in [0.5, 0.6) is 0 Å². The van der Waals surface area contributed by atoms with Crippen molar-refractivity contribution in [3.63, 3.8) is 0 Å². The van der Waals surface area contributed by atoms with Gasteiger partial charge in [0.2, 0.25) is 10.0 Å². The van der Waals surface area contributed by atoms with Gasteiger partial charge in [-0.25, -0.2) is 16.8 Å². The summed E-state index contributed by atoms with van der Waals surface area (Å²) in [5.41, 5.74) is 6.96. The van der Waals surface area contributed by atoms with E-state index in [0.29, 0.717) is 19.6 Å². The number of hydrogen-bond donors (Lipinski definition) is 1. The van der Waals surface area contributed by atoms with Gasteiger partial charge in [-0.15, -0.1) is 12.4 Å². The summed E-state index contributed by atoms with van der Waals surface area (Å²) in [6.07, 6.45) is 1.09. The summed E-state index contributed by atoms with van der Waals surface area (Å²) in [7, 11) is -7.07. The second-order valence-corrected chi connectivity index (χ2v) is 10.5. The van der Waals surface area contributed by atoms with Crippen molar-refractivity contribution in [1.29, 1.82) is 0 Å². The van der Waals surface area contributed by atoms with Crippen LogP contribution in [0.4, 0.5) is 0 Å². The van der Waals surface area contributed by atoms with Crippen molar-refractivity contribution in [2.24, 2.45) is 11.7 Å². The number of benzene rings is 2. The van der Waals surface area contributed by atoms with E-state index >= 15 is 0 Å². The molecular formula is C18H23ClN2O4S2. The lowest BCUT2D eigenvalue weighted by molar-refractivity contribution is 0.459. The van der Waals surface area contributed by atoms with Crippen LogP contribution in [0.1, 0.15) is 11.5 Å². The summed E-state index contributed by atoms with van der Waals surface area (Å²) < 4.78 is 50.5. The number of nitrogens with two attached hydrogens (primary N) is 1. The van der Waals surface area contributed by atoms with Gasteiger partial charge in [0, 0.05) is 25.3 Å². The van der Waals surface area contributed by atoms with E-state index in [2.05, 4.69) is 0 Å². The molecule has 0 amide bonds. The van der Waals surface area contributed by atoms with Crippen LogP contribution in [0.25, 0.3) is 0 Å². The summed E-state index contributed by atoms with van der Waals surface area (Å²) in [5, 5.41) is 0. The minimum atomic E-state index is -3.70. The zero-order valence-corrected chi connectivity index (χ0v) is 17.3.